The molecule has 92 valence electrons. The SMILES string of the molecule is CCN1c2ccccc2[C@H](N)[C@@H](C)[C@@H]1C1CC1. The van der Waals surface area contributed by atoms with E-state index in [1.807, 2.05) is 0 Å². The van der Waals surface area contributed by atoms with Gasteiger partial charge in [-0.15, -0.1) is 0 Å². The smallest absolute Gasteiger partial charge is 0.0417 e. The van der Waals surface area contributed by atoms with E-state index < -0.39 is 0 Å². The molecule has 1 fully saturated rings. The van der Waals surface area contributed by atoms with Crippen molar-refractivity contribution in [2.24, 2.45) is 17.6 Å². The number of benzene rings is 1. The van der Waals surface area contributed by atoms with E-state index in [0.29, 0.717) is 12.0 Å². The van der Waals surface area contributed by atoms with Gasteiger partial charge in [-0.05, 0) is 43.2 Å². The number of hydrogen-bond acceptors (Lipinski definition) is 2. The lowest BCUT2D eigenvalue weighted by molar-refractivity contribution is 0.319. The van der Waals surface area contributed by atoms with Gasteiger partial charge in [-0.2, -0.15) is 0 Å². The van der Waals surface area contributed by atoms with Crippen molar-refractivity contribution >= 4 is 5.69 Å². The zero-order valence-corrected chi connectivity index (χ0v) is 10.8. The number of nitrogens with zero attached hydrogens (tertiary/aromatic N) is 1. The summed E-state index contributed by atoms with van der Waals surface area (Å²) in [7, 11) is 0. The third-order valence-electron chi connectivity index (χ3n) is 4.52. The molecular weight excluding hydrogens is 208 g/mol. The Bertz CT molecular complexity index is 411. The highest BCUT2D eigenvalue weighted by Gasteiger charge is 2.44. The van der Waals surface area contributed by atoms with Gasteiger partial charge in [0.15, 0.2) is 0 Å². The van der Waals surface area contributed by atoms with E-state index in [9.17, 15) is 0 Å². The van der Waals surface area contributed by atoms with Gasteiger partial charge in [0.05, 0.1) is 0 Å². The van der Waals surface area contributed by atoms with Gasteiger partial charge in [0, 0.05) is 24.3 Å². The van der Waals surface area contributed by atoms with E-state index in [-0.39, 0.29) is 6.04 Å². The van der Waals surface area contributed by atoms with Crippen LogP contribution >= 0.6 is 0 Å². The predicted octanol–water partition coefficient (Wildman–Crippen LogP) is 2.94. The molecule has 2 aliphatic rings. The second kappa shape index (κ2) is 4.02. The summed E-state index contributed by atoms with van der Waals surface area (Å²) in [6.07, 6.45) is 2.78. The van der Waals surface area contributed by atoms with Crippen LogP contribution in [0.15, 0.2) is 24.3 Å². The molecule has 0 unspecified atom stereocenters. The topological polar surface area (TPSA) is 29.3 Å². The summed E-state index contributed by atoms with van der Waals surface area (Å²) in [4.78, 5) is 2.58. The maximum atomic E-state index is 6.44. The van der Waals surface area contributed by atoms with Crippen LogP contribution in [0.2, 0.25) is 0 Å². The van der Waals surface area contributed by atoms with Gasteiger partial charge >= 0.3 is 0 Å². The van der Waals surface area contributed by atoms with Gasteiger partial charge in [0.2, 0.25) is 0 Å². The van der Waals surface area contributed by atoms with Crippen molar-refractivity contribution in [3.63, 3.8) is 0 Å². The second-order valence-corrected chi connectivity index (χ2v) is 5.56. The molecule has 1 aromatic rings. The zero-order chi connectivity index (χ0) is 12.0. The average molecular weight is 230 g/mol. The second-order valence-electron chi connectivity index (χ2n) is 5.56. The molecule has 0 bridgehead atoms. The first-order chi connectivity index (χ1) is 8.24. The van der Waals surface area contributed by atoms with Crippen molar-refractivity contribution in [2.45, 2.75) is 38.8 Å². The average Bonchev–Trinajstić information content (AvgIpc) is 3.17. The third-order valence-corrected chi connectivity index (χ3v) is 4.52. The van der Waals surface area contributed by atoms with Gasteiger partial charge in [0.25, 0.3) is 0 Å². The standard InChI is InChI=1S/C15H22N2/c1-3-17-13-7-5-4-6-12(13)14(16)10(2)15(17)11-8-9-11/h4-7,10-11,14-15H,3,8-9,16H2,1-2H3/t10-,14-,15-/m1/s1. The Labute approximate surface area is 104 Å². The molecular formula is C15H22N2. The Morgan fingerprint density at radius 2 is 2.00 bits per heavy atom. The summed E-state index contributed by atoms with van der Waals surface area (Å²) < 4.78 is 0. The Hall–Kier alpha value is -1.02. The van der Waals surface area contributed by atoms with Crippen LogP contribution in [-0.4, -0.2) is 12.6 Å². The molecule has 0 radical (unpaired) electrons. The van der Waals surface area contributed by atoms with Gasteiger partial charge in [-0.3, -0.25) is 0 Å². The maximum absolute atomic E-state index is 6.44. The first-order valence-corrected chi connectivity index (χ1v) is 6.85. The molecule has 0 amide bonds. The van der Waals surface area contributed by atoms with E-state index in [2.05, 4.69) is 43.0 Å². The minimum Gasteiger partial charge on any atom is -0.368 e. The summed E-state index contributed by atoms with van der Waals surface area (Å²) >= 11 is 0. The molecule has 2 N–H and O–H groups in total. The Morgan fingerprint density at radius 1 is 1.29 bits per heavy atom. The highest BCUT2D eigenvalue weighted by molar-refractivity contribution is 5.58. The van der Waals surface area contributed by atoms with Crippen molar-refractivity contribution in [1.29, 1.82) is 0 Å². The van der Waals surface area contributed by atoms with Gasteiger partial charge < -0.3 is 10.6 Å². The number of para-hydroxylation sites is 1. The van der Waals surface area contributed by atoms with Crippen LogP contribution < -0.4 is 10.6 Å². The van der Waals surface area contributed by atoms with Crippen molar-refractivity contribution in [1.82, 2.24) is 0 Å². The Kier molecular flexibility index (Phi) is 2.62. The van der Waals surface area contributed by atoms with E-state index in [1.54, 1.807) is 0 Å². The fourth-order valence-electron chi connectivity index (χ4n) is 3.47. The quantitative estimate of drug-likeness (QED) is 0.846. The molecule has 1 saturated carbocycles. The third kappa shape index (κ3) is 1.66. The van der Waals surface area contributed by atoms with Crippen molar-refractivity contribution in [3.8, 4) is 0 Å². The number of rotatable bonds is 2. The first-order valence-electron chi connectivity index (χ1n) is 6.85. The summed E-state index contributed by atoms with van der Waals surface area (Å²) in [6.45, 7) is 5.68. The van der Waals surface area contributed by atoms with E-state index >= 15 is 0 Å². The zero-order valence-electron chi connectivity index (χ0n) is 10.8. The highest BCUT2D eigenvalue weighted by atomic mass is 15.2. The van der Waals surface area contributed by atoms with Crippen LogP contribution in [0.5, 0.6) is 0 Å². The molecule has 1 aliphatic carbocycles. The monoisotopic (exact) mass is 230 g/mol. The molecule has 3 atom stereocenters. The molecule has 0 spiro atoms. The van der Waals surface area contributed by atoms with E-state index in [4.69, 9.17) is 5.73 Å². The normalized spacial score (nSPS) is 32.4. The molecule has 17 heavy (non-hydrogen) atoms. The minimum atomic E-state index is 0.208. The molecule has 1 aliphatic heterocycles. The molecule has 1 aromatic carbocycles. The Balaban J connectivity index is 2.06. The lowest BCUT2D eigenvalue weighted by Crippen LogP contribution is -2.49. The van der Waals surface area contributed by atoms with Gasteiger partial charge in [-0.25, -0.2) is 0 Å². The molecule has 2 nitrogen and oxygen atoms in total. The summed E-state index contributed by atoms with van der Waals surface area (Å²) in [5.74, 6) is 1.45. The van der Waals surface area contributed by atoms with Crippen LogP contribution in [0.3, 0.4) is 0 Å². The van der Waals surface area contributed by atoms with Crippen LogP contribution in [0.1, 0.15) is 38.3 Å². The van der Waals surface area contributed by atoms with E-state index in [0.717, 1.165) is 12.5 Å². The van der Waals surface area contributed by atoms with Crippen LogP contribution in [0.4, 0.5) is 5.69 Å². The highest BCUT2D eigenvalue weighted by Crippen LogP contribution is 2.47. The van der Waals surface area contributed by atoms with Gasteiger partial charge in [0.1, 0.15) is 0 Å². The number of anilines is 1. The molecule has 0 saturated heterocycles. The lowest BCUT2D eigenvalue weighted by atomic mass is 9.80. The van der Waals surface area contributed by atoms with Crippen molar-refractivity contribution in [2.75, 3.05) is 11.4 Å². The Morgan fingerprint density at radius 3 is 2.65 bits per heavy atom. The van der Waals surface area contributed by atoms with Crippen LogP contribution in [0.25, 0.3) is 0 Å². The minimum absolute atomic E-state index is 0.208. The summed E-state index contributed by atoms with van der Waals surface area (Å²) in [6, 6.07) is 9.54. The summed E-state index contributed by atoms with van der Waals surface area (Å²) in [5, 5.41) is 0. The maximum Gasteiger partial charge on any atom is 0.0417 e. The molecule has 1 heterocycles. The molecule has 3 rings (SSSR count). The largest absolute Gasteiger partial charge is 0.368 e. The number of nitrogens with two attached hydrogens (primary N) is 1. The number of fused-ring (bicyclic) bond motifs is 1. The fourth-order valence-corrected chi connectivity index (χ4v) is 3.47. The predicted molar refractivity (Wildman–Crippen MR) is 72.1 cm³/mol. The number of hydrogen-bond donors (Lipinski definition) is 1. The summed E-state index contributed by atoms with van der Waals surface area (Å²) in [5.41, 5.74) is 9.14. The molecule has 0 aromatic heterocycles. The lowest BCUT2D eigenvalue weighted by Gasteiger charge is -2.45. The van der Waals surface area contributed by atoms with Crippen LogP contribution in [0, 0.1) is 11.8 Å². The van der Waals surface area contributed by atoms with Crippen LogP contribution in [-0.2, 0) is 0 Å². The van der Waals surface area contributed by atoms with Crippen molar-refractivity contribution in [3.05, 3.63) is 29.8 Å². The van der Waals surface area contributed by atoms with Crippen molar-refractivity contribution < 1.29 is 0 Å². The first kappa shape index (κ1) is 11.1. The fraction of sp³-hybridized carbons (Fsp3) is 0.600. The van der Waals surface area contributed by atoms with E-state index in [1.165, 1.54) is 24.1 Å². The van der Waals surface area contributed by atoms with Gasteiger partial charge in [-0.1, -0.05) is 25.1 Å². The molecule has 2 heteroatoms.